The fraction of sp³-hybridized carbons (Fsp3) is 0.160. The SMILES string of the molecule is Cc1nc2c(C#N)cnn2c(C)c1CCC(=O)Nc1ccc2nc(-c3cc(F)ccc3F)[nH]c2c1. The number of aryl methyl sites for hydroxylation is 2. The van der Waals surface area contributed by atoms with E-state index in [1.54, 1.807) is 22.7 Å². The largest absolute Gasteiger partial charge is 0.338 e. The third kappa shape index (κ3) is 4.08. The Kier molecular flexibility index (Phi) is 5.45. The van der Waals surface area contributed by atoms with E-state index in [-0.39, 0.29) is 23.7 Å². The predicted octanol–water partition coefficient (Wildman–Crippen LogP) is 4.61. The maximum Gasteiger partial charge on any atom is 0.224 e. The van der Waals surface area contributed by atoms with Gasteiger partial charge in [-0.25, -0.2) is 23.3 Å². The van der Waals surface area contributed by atoms with E-state index in [0.29, 0.717) is 34.4 Å². The van der Waals surface area contributed by atoms with Crippen LogP contribution < -0.4 is 5.32 Å². The molecule has 0 saturated carbocycles. The van der Waals surface area contributed by atoms with E-state index in [1.165, 1.54) is 6.20 Å². The van der Waals surface area contributed by atoms with Gasteiger partial charge in [-0.05, 0) is 62.2 Å². The van der Waals surface area contributed by atoms with E-state index in [9.17, 15) is 18.8 Å². The quantitative estimate of drug-likeness (QED) is 0.389. The standard InChI is InChI=1S/C25H19F2N7O/c1-13-18(14(2)34-25(30-13)15(11-28)12-29-34)5-8-23(35)31-17-4-7-21-22(10-17)33-24(32-21)19-9-16(26)3-6-20(19)27/h3-4,6-7,9-10,12H,5,8H2,1-2H3,(H,31,35)(H,32,33). The summed E-state index contributed by atoms with van der Waals surface area (Å²) in [4.78, 5) is 24.4. The molecule has 3 aromatic heterocycles. The lowest BCUT2D eigenvalue weighted by Gasteiger charge is -2.11. The van der Waals surface area contributed by atoms with Crippen molar-refractivity contribution >= 4 is 28.3 Å². The lowest BCUT2D eigenvalue weighted by atomic mass is 10.1. The first-order valence-corrected chi connectivity index (χ1v) is 10.8. The van der Waals surface area contributed by atoms with Gasteiger partial charge >= 0.3 is 0 Å². The van der Waals surface area contributed by atoms with Gasteiger partial charge in [-0.2, -0.15) is 10.4 Å². The molecule has 1 amide bonds. The molecule has 10 heteroatoms. The Morgan fingerprint density at radius 3 is 2.80 bits per heavy atom. The summed E-state index contributed by atoms with van der Waals surface area (Å²) in [6, 6.07) is 10.3. The number of carbonyl (C=O) groups excluding carboxylic acids is 1. The molecule has 174 valence electrons. The second-order valence-electron chi connectivity index (χ2n) is 8.16. The van der Waals surface area contributed by atoms with E-state index < -0.39 is 11.6 Å². The molecule has 0 aliphatic rings. The smallest absolute Gasteiger partial charge is 0.224 e. The highest BCUT2D eigenvalue weighted by molar-refractivity contribution is 5.93. The van der Waals surface area contributed by atoms with Crippen LogP contribution in [0.2, 0.25) is 0 Å². The van der Waals surface area contributed by atoms with E-state index in [4.69, 9.17) is 0 Å². The van der Waals surface area contributed by atoms with Crippen LogP contribution in [0, 0.1) is 36.8 Å². The summed E-state index contributed by atoms with van der Waals surface area (Å²) in [5.41, 5.74) is 5.09. The van der Waals surface area contributed by atoms with Crippen molar-refractivity contribution in [2.75, 3.05) is 5.32 Å². The molecule has 0 aliphatic heterocycles. The van der Waals surface area contributed by atoms with Gasteiger partial charge in [0, 0.05) is 23.5 Å². The number of anilines is 1. The molecule has 2 aromatic carbocycles. The number of nitrogens with zero attached hydrogens (tertiary/aromatic N) is 5. The van der Waals surface area contributed by atoms with Gasteiger partial charge < -0.3 is 10.3 Å². The number of aromatic amines is 1. The predicted molar refractivity (Wildman–Crippen MR) is 126 cm³/mol. The van der Waals surface area contributed by atoms with Crippen molar-refractivity contribution in [1.29, 1.82) is 5.26 Å². The number of imidazole rings is 1. The molecule has 0 unspecified atom stereocenters. The summed E-state index contributed by atoms with van der Waals surface area (Å²) in [5, 5.41) is 16.3. The third-order valence-electron chi connectivity index (χ3n) is 5.88. The Morgan fingerprint density at radius 2 is 2.00 bits per heavy atom. The van der Waals surface area contributed by atoms with Crippen molar-refractivity contribution in [1.82, 2.24) is 24.6 Å². The summed E-state index contributed by atoms with van der Waals surface area (Å²) >= 11 is 0. The maximum absolute atomic E-state index is 14.1. The van der Waals surface area contributed by atoms with Crippen LogP contribution in [-0.4, -0.2) is 30.5 Å². The summed E-state index contributed by atoms with van der Waals surface area (Å²) in [6.07, 6.45) is 2.14. The van der Waals surface area contributed by atoms with Crippen LogP contribution in [0.3, 0.4) is 0 Å². The Morgan fingerprint density at radius 1 is 1.17 bits per heavy atom. The number of aromatic nitrogens is 5. The Bertz CT molecular complexity index is 1660. The molecule has 5 aromatic rings. The molecule has 3 heterocycles. The number of benzene rings is 2. The van der Waals surface area contributed by atoms with E-state index >= 15 is 0 Å². The zero-order valence-electron chi connectivity index (χ0n) is 18.9. The summed E-state index contributed by atoms with van der Waals surface area (Å²) in [5.74, 6) is -1.14. The van der Waals surface area contributed by atoms with Gasteiger partial charge in [-0.15, -0.1) is 0 Å². The lowest BCUT2D eigenvalue weighted by Crippen LogP contribution is -2.14. The zero-order valence-corrected chi connectivity index (χ0v) is 18.9. The topological polar surface area (TPSA) is 112 Å². The number of fused-ring (bicyclic) bond motifs is 2. The first-order chi connectivity index (χ1) is 16.8. The van der Waals surface area contributed by atoms with Crippen molar-refractivity contribution in [3.63, 3.8) is 0 Å². The second kappa shape index (κ2) is 8.61. The van der Waals surface area contributed by atoms with Crippen LogP contribution in [0.5, 0.6) is 0 Å². The third-order valence-corrected chi connectivity index (χ3v) is 5.88. The van der Waals surface area contributed by atoms with Crippen molar-refractivity contribution in [2.24, 2.45) is 0 Å². The van der Waals surface area contributed by atoms with Gasteiger partial charge in [0.25, 0.3) is 0 Å². The molecule has 8 nitrogen and oxygen atoms in total. The molecule has 0 atom stereocenters. The normalized spacial score (nSPS) is 11.2. The van der Waals surface area contributed by atoms with Crippen molar-refractivity contribution in [3.8, 4) is 17.5 Å². The molecule has 0 spiro atoms. The Balaban J connectivity index is 1.32. The number of hydrogen-bond donors (Lipinski definition) is 2. The van der Waals surface area contributed by atoms with Crippen LogP contribution in [0.25, 0.3) is 28.1 Å². The number of carbonyl (C=O) groups is 1. The molecule has 0 bridgehead atoms. The molecular formula is C25H19F2N7O. The molecule has 0 fully saturated rings. The minimum absolute atomic E-state index is 0.0298. The van der Waals surface area contributed by atoms with Gasteiger partial charge in [0.1, 0.15) is 29.1 Å². The van der Waals surface area contributed by atoms with E-state index in [2.05, 4.69) is 31.4 Å². The van der Waals surface area contributed by atoms with Crippen LogP contribution in [-0.2, 0) is 11.2 Å². The molecule has 5 rings (SSSR count). The molecule has 0 saturated heterocycles. The maximum atomic E-state index is 14.1. The van der Waals surface area contributed by atoms with Gasteiger partial charge in [-0.1, -0.05) is 0 Å². The van der Waals surface area contributed by atoms with Crippen molar-refractivity contribution < 1.29 is 13.6 Å². The summed E-state index contributed by atoms with van der Waals surface area (Å²) in [7, 11) is 0. The zero-order chi connectivity index (χ0) is 24.7. The lowest BCUT2D eigenvalue weighted by molar-refractivity contribution is -0.116. The number of H-pyrrole nitrogens is 1. The minimum atomic E-state index is -0.587. The number of nitrogens with one attached hydrogen (secondary N) is 2. The van der Waals surface area contributed by atoms with Crippen LogP contribution >= 0.6 is 0 Å². The molecule has 0 radical (unpaired) electrons. The molecular weight excluding hydrogens is 452 g/mol. The first-order valence-electron chi connectivity index (χ1n) is 10.8. The fourth-order valence-electron chi connectivity index (χ4n) is 4.11. The fourth-order valence-corrected chi connectivity index (χ4v) is 4.11. The van der Waals surface area contributed by atoms with E-state index in [1.807, 2.05) is 13.8 Å². The highest BCUT2D eigenvalue weighted by Crippen LogP contribution is 2.26. The van der Waals surface area contributed by atoms with Gasteiger partial charge in [-0.3, -0.25) is 4.79 Å². The van der Waals surface area contributed by atoms with Crippen LogP contribution in [0.15, 0.2) is 42.6 Å². The Hall–Kier alpha value is -4.65. The number of nitriles is 1. The van der Waals surface area contributed by atoms with Crippen molar-refractivity contribution in [2.45, 2.75) is 26.7 Å². The average Bonchev–Trinajstić information content (AvgIpc) is 3.44. The Labute approximate surface area is 198 Å². The minimum Gasteiger partial charge on any atom is -0.338 e. The number of rotatable bonds is 5. The number of amides is 1. The molecule has 35 heavy (non-hydrogen) atoms. The van der Waals surface area contributed by atoms with Crippen molar-refractivity contribution in [3.05, 3.63) is 76.7 Å². The monoisotopic (exact) mass is 471 g/mol. The highest BCUT2D eigenvalue weighted by Gasteiger charge is 2.16. The molecule has 2 N–H and O–H groups in total. The summed E-state index contributed by atoms with van der Waals surface area (Å²) < 4.78 is 29.3. The second-order valence-corrected chi connectivity index (χ2v) is 8.16. The number of halogens is 2. The van der Waals surface area contributed by atoms with Crippen LogP contribution in [0.1, 0.15) is 28.9 Å². The van der Waals surface area contributed by atoms with Gasteiger partial charge in [0.15, 0.2) is 5.65 Å². The average molecular weight is 471 g/mol. The highest BCUT2D eigenvalue weighted by atomic mass is 19.1. The molecule has 0 aliphatic carbocycles. The van der Waals surface area contributed by atoms with Gasteiger partial charge in [0.05, 0.1) is 22.8 Å². The first kappa shape index (κ1) is 22.2. The summed E-state index contributed by atoms with van der Waals surface area (Å²) in [6.45, 7) is 3.73. The number of hydrogen-bond acceptors (Lipinski definition) is 5. The van der Waals surface area contributed by atoms with E-state index in [0.717, 1.165) is 35.2 Å². The van der Waals surface area contributed by atoms with Gasteiger partial charge in [0.2, 0.25) is 5.91 Å². The van der Waals surface area contributed by atoms with Crippen LogP contribution in [0.4, 0.5) is 14.5 Å².